The standard InChI is InChI=1S/C27H35F2N3O2.ClH/c1-18(2)17-25(30)27(34)31-23-13-15-32(16-14-23)26(33)12-11-24(19-3-7-21(28)8-4-19)20-5-9-22(29)10-6-20;/h3-10,18,23-25H,11-17,30H2,1-2H3,(H,31,34);1H/t25-;/m0./s1. The smallest absolute Gasteiger partial charge is 0.237 e. The van der Waals surface area contributed by atoms with Gasteiger partial charge in [0.1, 0.15) is 11.6 Å². The number of nitrogens with zero attached hydrogens (tertiary/aromatic N) is 1. The van der Waals surface area contributed by atoms with E-state index >= 15 is 0 Å². The summed E-state index contributed by atoms with van der Waals surface area (Å²) in [7, 11) is 0. The monoisotopic (exact) mass is 507 g/mol. The van der Waals surface area contributed by atoms with Crippen LogP contribution in [-0.2, 0) is 9.59 Å². The number of nitrogens with one attached hydrogen (secondary N) is 1. The van der Waals surface area contributed by atoms with E-state index in [0.29, 0.717) is 51.1 Å². The van der Waals surface area contributed by atoms with Crippen LogP contribution >= 0.6 is 12.4 Å². The minimum absolute atomic E-state index is 0. The van der Waals surface area contributed by atoms with E-state index in [1.807, 2.05) is 18.7 Å². The summed E-state index contributed by atoms with van der Waals surface area (Å²) in [5, 5.41) is 3.02. The highest BCUT2D eigenvalue weighted by Gasteiger charge is 2.26. The van der Waals surface area contributed by atoms with Crippen LogP contribution in [0.1, 0.15) is 63.0 Å². The van der Waals surface area contributed by atoms with Gasteiger partial charge in [-0.3, -0.25) is 9.59 Å². The molecule has 3 N–H and O–H groups in total. The summed E-state index contributed by atoms with van der Waals surface area (Å²) in [5.74, 6) is -0.496. The van der Waals surface area contributed by atoms with Crippen molar-refractivity contribution in [2.45, 2.75) is 64.0 Å². The Kier molecular flexibility index (Phi) is 11.1. The number of hydrogen-bond acceptors (Lipinski definition) is 3. The first-order valence-corrected chi connectivity index (χ1v) is 12.1. The summed E-state index contributed by atoms with van der Waals surface area (Å²) in [6.45, 7) is 5.24. The number of amides is 2. The van der Waals surface area contributed by atoms with Crippen molar-refractivity contribution in [3.05, 3.63) is 71.3 Å². The Morgan fingerprint density at radius 3 is 1.91 bits per heavy atom. The lowest BCUT2D eigenvalue weighted by Gasteiger charge is -2.33. The first kappa shape index (κ1) is 28.7. The highest BCUT2D eigenvalue weighted by atomic mass is 35.5. The van der Waals surface area contributed by atoms with E-state index in [1.165, 1.54) is 24.3 Å². The van der Waals surface area contributed by atoms with Crippen LogP contribution in [0.15, 0.2) is 48.5 Å². The molecule has 0 saturated carbocycles. The maximum atomic E-state index is 13.4. The minimum Gasteiger partial charge on any atom is -0.352 e. The second kappa shape index (κ2) is 13.5. The normalized spacial score (nSPS) is 15.1. The maximum Gasteiger partial charge on any atom is 0.237 e. The number of likely N-dealkylation sites (tertiary alicyclic amines) is 1. The van der Waals surface area contributed by atoms with E-state index in [9.17, 15) is 18.4 Å². The number of rotatable bonds is 9. The molecular formula is C27H36ClF2N3O2. The Morgan fingerprint density at radius 2 is 1.46 bits per heavy atom. The van der Waals surface area contributed by atoms with Gasteiger partial charge in [-0.25, -0.2) is 8.78 Å². The van der Waals surface area contributed by atoms with Gasteiger partial charge in [-0.2, -0.15) is 0 Å². The van der Waals surface area contributed by atoms with E-state index in [4.69, 9.17) is 5.73 Å². The summed E-state index contributed by atoms with van der Waals surface area (Å²) in [4.78, 5) is 27.1. The van der Waals surface area contributed by atoms with Crippen molar-refractivity contribution in [3.8, 4) is 0 Å². The van der Waals surface area contributed by atoms with Crippen molar-refractivity contribution in [1.29, 1.82) is 0 Å². The Labute approximate surface area is 212 Å². The predicted molar refractivity (Wildman–Crippen MR) is 136 cm³/mol. The van der Waals surface area contributed by atoms with Crippen LogP contribution < -0.4 is 11.1 Å². The summed E-state index contributed by atoms with van der Waals surface area (Å²) in [5.41, 5.74) is 7.75. The molecule has 1 atom stereocenters. The molecule has 1 fully saturated rings. The molecule has 0 unspecified atom stereocenters. The molecule has 192 valence electrons. The summed E-state index contributed by atoms with van der Waals surface area (Å²) in [6.07, 6.45) is 2.91. The minimum atomic E-state index is -0.505. The zero-order chi connectivity index (χ0) is 24.7. The molecule has 0 aliphatic carbocycles. The molecule has 35 heavy (non-hydrogen) atoms. The van der Waals surface area contributed by atoms with Crippen LogP contribution in [0, 0.1) is 17.6 Å². The van der Waals surface area contributed by atoms with Gasteiger partial charge in [-0.1, -0.05) is 38.1 Å². The van der Waals surface area contributed by atoms with Crippen molar-refractivity contribution in [2.75, 3.05) is 13.1 Å². The fourth-order valence-electron chi connectivity index (χ4n) is 4.54. The van der Waals surface area contributed by atoms with Gasteiger partial charge in [-0.15, -0.1) is 12.4 Å². The fourth-order valence-corrected chi connectivity index (χ4v) is 4.54. The number of piperidine rings is 1. The number of benzene rings is 2. The molecule has 0 bridgehead atoms. The van der Waals surface area contributed by atoms with E-state index in [2.05, 4.69) is 5.32 Å². The second-order valence-corrected chi connectivity index (χ2v) is 9.59. The molecule has 8 heteroatoms. The molecule has 3 rings (SSSR count). The van der Waals surface area contributed by atoms with Gasteiger partial charge in [-0.05, 0) is 67.0 Å². The third kappa shape index (κ3) is 8.58. The average molecular weight is 508 g/mol. The highest BCUT2D eigenvalue weighted by Crippen LogP contribution is 2.30. The first-order chi connectivity index (χ1) is 16.2. The van der Waals surface area contributed by atoms with E-state index in [0.717, 1.165) is 11.1 Å². The molecule has 2 aromatic carbocycles. The van der Waals surface area contributed by atoms with Crippen LogP contribution in [0.5, 0.6) is 0 Å². The Morgan fingerprint density at radius 1 is 0.971 bits per heavy atom. The number of carbonyl (C=O) groups is 2. The van der Waals surface area contributed by atoms with Crippen LogP contribution in [0.3, 0.4) is 0 Å². The molecule has 0 aromatic heterocycles. The van der Waals surface area contributed by atoms with Gasteiger partial charge < -0.3 is 16.0 Å². The van der Waals surface area contributed by atoms with Crippen LogP contribution in [0.4, 0.5) is 8.78 Å². The summed E-state index contributed by atoms with van der Waals surface area (Å²) in [6, 6.07) is 12.0. The third-order valence-electron chi connectivity index (χ3n) is 6.45. The predicted octanol–water partition coefficient (Wildman–Crippen LogP) is 4.78. The third-order valence-corrected chi connectivity index (χ3v) is 6.45. The molecule has 1 aliphatic rings. The maximum absolute atomic E-state index is 13.4. The average Bonchev–Trinajstić information content (AvgIpc) is 2.81. The van der Waals surface area contributed by atoms with Gasteiger partial charge in [0.25, 0.3) is 0 Å². The molecule has 1 heterocycles. The van der Waals surface area contributed by atoms with Gasteiger partial charge in [0.15, 0.2) is 0 Å². The van der Waals surface area contributed by atoms with Crippen molar-refractivity contribution >= 4 is 24.2 Å². The lowest BCUT2D eigenvalue weighted by Crippen LogP contribution is -2.50. The van der Waals surface area contributed by atoms with Gasteiger partial charge in [0.05, 0.1) is 6.04 Å². The van der Waals surface area contributed by atoms with E-state index in [-0.39, 0.29) is 47.8 Å². The summed E-state index contributed by atoms with van der Waals surface area (Å²) >= 11 is 0. The number of nitrogens with two attached hydrogens (primary N) is 1. The van der Waals surface area contributed by atoms with Crippen LogP contribution in [0.2, 0.25) is 0 Å². The van der Waals surface area contributed by atoms with Crippen LogP contribution in [-0.4, -0.2) is 41.9 Å². The van der Waals surface area contributed by atoms with E-state index in [1.54, 1.807) is 24.3 Å². The topological polar surface area (TPSA) is 75.4 Å². The van der Waals surface area contributed by atoms with Crippen molar-refractivity contribution in [1.82, 2.24) is 10.2 Å². The molecule has 2 aromatic rings. The fraction of sp³-hybridized carbons (Fsp3) is 0.481. The molecule has 0 spiro atoms. The summed E-state index contributed by atoms with van der Waals surface area (Å²) < 4.78 is 26.9. The Hall–Kier alpha value is -2.51. The van der Waals surface area contributed by atoms with Gasteiger partial charge in [0.2, 0.25) is 11.8 Å². The lowest BCUT2D eigenvalue weighted by atomic mass is 9.87. The quantitative estimate of drug-likeness (QED) is 0.513. The highest BCUT2D eigenvalue weighted by molar-refractivity contribution is 5.85. The SMILES string of the molecule is CC(C)C[C@H](N)C(=O)NC1CCN(C(=O)CCC(c2ccc(F)cc2)c2ccc(F)cc2)CC1.Cl. The Bertz CT molecular complexity index is 900. The first-order valence-electron chi connectivity index (χ1n) is 12.1. The Balaban J connectivity index is 0.00000432. The van der Waals surface area contributed by atoms with Crippen molar-refractivity contribution < 1.29 is 18.4 Å². The lowest BCUT2D eigenvalue weighted by molar-refractivity contribution is -0.132. The molecule has 1 aliphatic heterocycles. The van der Waals surface area contributed by atoms with Crippen molar-refractivity contribution in [2.24, 2.45) is 11.7 Å². The zero-order valence-corrected chi connectivity index (χ0v) is 21.2. The molecule has 5 nitrogen and oxygen atoms in total. The zero-order valence-electron chi connectivity index (χ0n) is 20.4. The van der Waals surface area contributed by atoms with E-state index < -0.39 is 6.04 Å². The van der Waals surface area contributed by atoms with Crippen molar-refractivity contribution in [3.63, 3.8) is 0 Å². The largest absolute Gasteiger partial charge is 0.352 e. The number of carbonyl (C=O) groups excluding carboxylic acids is 2. The molecule has 0 radical (unpaired) electrons. The van der Waals surface area contributed by atoms with Crippen LogP contribution in [0.25, 0.3) is 0 Å². The molecule has 1 saturated heterocycles. The van der Waals surface area contributed by atoms with Gasteiger partial charge in [0, 0.05) is 31.5 Å². The molecule has 2 amide bonds. The van der Waals surface area contributed by atoms with Gasteiger partial charge >= 0.3 is 0 Å². The number of hydrogen-bond donors (Lipinski definition) is 2. The number of halogens is 3. The molecular weight excluding hydrogens is 472 g/mol. The second-order valence-electron chi connectivity index (χ2n) is 9.59.